The van der Waals surface area contributed by atoms with E-state index >= 15 is 0 Å². The van der Waals surface area contributed by atoms with E-state index in [2.05, 4.69) is 4.98 Å². The summed E-state index contributed by atoms with van der Waals surface area (Å²) in [5, 5.41) is 0. The summed E-state index contributed by atoms with van der Waals surface area (Å²) in [6, 6.07) is 8.86. The Balaban J connectivity index is 2.13. The van der Waals surface area contributed by atoms with Crippen molar-refractivity contribution in [1.82, 2.24) is 9.55 Å². The summed E-state index contributed by atoms with van der Waals surface area (Å²) in [6.07, 6.45) is 3.05. The molecular formula is C16H11F2N3O. The van der Waals surface area contributed by atoms with Gasteiger partial charge in [0.15, 0.2) is 5.78 Å². The smallest absolute Gasteiger partial charge is 0.204 e. The van der Waals surface area contributed by atoms with E-state index in [9.17, 15) is 13.6 Å². The molecule has 2 aromatic carbocycles. The van der Waals surface area contributed by atoms with E-state index in [1.54, 1.807) is 6.20 Å². The zero-order chi connectivity index (χ0) is 15.7. The van der Waals surface area contributed by atoms with Gasteiger partial charge in [-0.15, -0.1) is 0 Å². The minimum absolute atomic E-state index is 0.122. The highest BCUT2D eigenvalue weighted by Crippen LogP contribution is 2.22. The van der Waals surface area contributed by atoms with E-state index in [0.717, 1.165) is 6.07 Å². The lowest BCUT2D eigenvalue weighted by molar-refractivity contribution is 0.103. The molecule has 22 heavy (non-hydrogen) atoms. The number of anilines is 1. The van der Waals surface area contributed by atoms with E-state index in [-0.39, 0.29) is 17.1 Å². The molecular weight excluding hydrogens is 288 g/mol. The number of imidazole rings is 1. The van der Waals surface area contributed by atoms with Crippen LogP contribution in [0.15, 0.2) is 54.9 Å². The van der Waals surface area contributed by atoms with Crippen LogP contribution in [0, 0.1) is 11.6 Å². The molecule has 0 aliphatic heterocycles. The summed E-state index contributed by atoms with van der Waals surface area (Å²) in [5.74, 6) is -1.25. The lowest BCUT2D eigenvalue weighted by Crippen LogP contribution is -2.09. The topological polar surface area (TPSA) is 60.9 Å². The molecule has 3 rings (SSSR count). The van der Waals surface area contributed by atoms with Gasteiger partial charge >= 0.3 is 0 Å². The Bertz CT molecular complexity index is 841. The van der Waals surface area contributed by atoms with Gasteiger partial charge < -0.3 is 5.73 Å². The van der Waals surface area contributed by atoms with Crippen molar-refractivity contribution in [3.05, 3.63) is 77.6 Å². The molecule has 2 N–H and O–H groups in total. The minimum Gasteiger partial charge on any atom is -0.369 e. The number of hydrogen-bond acceptors (Lipinski definition) is 3. The van der Waals surface area contributed by atoms with Crippen LogP contribution in [0.25, 0.3) is 5.69 Å². The van der Waals surface area contributed by atoms with Gasteiger partial charge in [0.05, 0.1) is 5.69 Å². The molecule has 0 aliphatic rings. The number of nitrogens with two attached hydrogens (primary N) is 1. The van der Waals surface area contributed by atoms with Gasteiger partial charge in [-0.25, -0.2) is 13.8 Å². The fourth-order valence-electron chi connectivity index (χ4n) is 2.18. The summed E-state index contributed by atoms with van der Waals surface area (Å²) in [6.45, 7) is 0. The van der Waals surface area contributed by atoms with Gasteiger partial charge in [-0.3, -0.25) is 9.36 Å². The van der Waals surface area contributed by atoms with E-state index in [0.29, 0.717) is 5.69 Å². The maximum atomic E-state index is 13.6. The van der Waals surface area contributed by atoms with Crippen molar-refractivity contribution in [3.8, 4) is 5.69 Å². The molecule has 0 unspecified atom stereocenters. The number of benzene rings is 2. The summed E-state index contributed by atoms with van der Waals surface area (Å²) < 4.78 is 28.0. The summed E-state index contributed by atoms with van der Waals surface area (Å²) in [4.78, 5) is 16.5. The normalized spacial score (nSPS) is 10.6. The first-order chi connectivity index (χ1) is 10.6. The second-order valence-corrected chi connectivity index (χ2v) is 4.65. The summed E-state index contributed by atoms with van der Waals surface area (Å²) >= 11 is 0. The lowest BCUT2D eigenvalue weighted by Gasteiger charge is -2.11. The number of aromatic nitrogens is 2. The molecule has 0 amide bonds. The van der Waals surface area contributed by atoms with Crippen molar-refractivity contribution in [2.24, 2.45) is 0 Å². The number of carbonyl (C=O) groups excluding carboxylic acids is 1. The van der Waals surface area contributed by atoms with Crippen molar-refractivity contribution < 1.29 is 13.6 Å². The first kappa shape index (κ1) is 13.9. The lowest BCUT2D eigenvalue weighted by atomic mass is 10.0. The fraction of sp³-hybridized carbons (Fsp3) is 0. The first-order valence-corrected chi connectivity index (χ1v) is 6.45. The molecule has 0 radical (unpaired) electrons. The molecule has 110 valence electrons. The molecule has 1 heterocycles. The number of halogens is 2. The second kappa shape index (κ2) is 5.40. The van der Waals surface area contributed by atoms with Gasteiger partial charge in [-0.2, -0.15) is 0 Å². The molecule has 6 heteroatoms. The van der Waals surface area contributed by atoms with E-state index in [1.165, 1.54) is 47.2 Å². The van der Waals surface area contributed by atoms with Crippen molar-refractivity contribution in [1.29, 1.82) is 0 Å². The SMILES string of the molecule is Nc1nccn1-c1ccc(F)cc1C(=O)c1ccc(F)cc1. The van der Waals surface area contributed by atoms with Crippen LogP contribution in [0.2, 0.25) is 0 Å². The quantitative estimate of drug-likeness (QED) is 0.756. The molecule has 0 fully saturated rings. The van der Waals surface area contributed by atoms with Gasteiger partial charge in [0.25, 0.3) is 0 Å². The third-order valence-corrected chi connectivity index (χ3v) is 3.24. The predicted octanol–water partition coefficient (Wildman–Crippen LogP) is 2.96. The van der Waals surface area contributed by atoms with Gasteiger partial charge in [-0.05, 0) is 42.5 Å². The van der Waals surface area contributed by atoms with Crippen molar-refractivity contribution in [3.63, 3.8) is 0 Å². The maximum Gasteiger partial charge on any atom is 0.204 e. The Kier molecular flexibility index (Phi) is 3.42. The van der Waals surface area contributed by atoms with Crippen LogP contribution < -0.4 is 5.73 Å². The van der Waals surface area contributed by atoms with Crippen LogP contribution >= 0.6 is 0 Å². The molecule has 0 spiro atoms. The van der Waals surface area contributed by atoms with E-state index < -0.39 is 17.4 Å². The average Bonchev–Trinajstić information content (AvgIpc) is 2.93. The minimum atomic E-state index is -0.548. The molecule has 4 nitrogen and oxygen atoms in total. The van der Waals surface area contributed by atoms with Crippen LogP contribution in [0.5, 0.6) is 0 Å². The first-order valence-electron chi connectivity index (χ1n) is 6.45. The second-order valence-electron chi connectivity index (χ2n) is 4.65. The van der Waals surface area contributed by atoms with Crippen LogP contribution in [-0.2, 0) is 0 Å². The van der Waals surface area contributed by atoms with Gasteiger partial charge in [0.2, 0.25) is 5.95 Å². The van der Waals surface area contributed by atoms with Crippen LogP contribution in [-0.4, -0.2) is 15.3 Å². The number of ketones is 1. The highest BCUT2D eigenvalue weighted by Gasteiger charge is 2.17. The van der Waals surface area contributed by atoms with Gasteiger partial charge in [0, 0.05) is 23.5 Å². The monoisotopic (exact) mass is 299 g/mol. The number of carbonyl (C=O) groups is 1. The number of rotatable bonds is 3. The maximum absolute atomic E-state index is 13.6. The largest absolute Gasteiger partial charge is 0.369 e. The van der Waals surface area contributed by atoms with Gasteiger partial charge in [0.1, 0.15) is 11.6 Å². The molecule has 1 aromatic heterocycles. The number of hydrogen-bond donors (Lipinski definition) is 1. The third-order valence-electron chi connectivity index (χ3n) is 3.24. The van der Waals surface area contributed by atoms with Crippen LogP contribution in [0.4, 0.5) is 14.7 Å². The standard InChI is InChI=1S/C16H11F2N3O/c17-11-3-1-10(2-4-11)15(22)13-9-12(18)5-6-14(13)21-8-7-20-16(21)19/h1-9H,(H2,19,20). The Morgan fingerprint density at radius 3 is 2.36 bits per heavy atom. The zero-order valence-electron chi connectivity index (χ0n) is 11.3. The Hall–Kier alpha value is -3.02. The van der Waals surface area contributed by atoms with Crippen LogP contribution in [0.3, 0.4) is 0 Å². The van der Waals surface area contributed by atoms with E-state index in [1.807, 2.05) is 0 Å². The highest BCUT2D eigenvalue weighted by molar-refractivity contribution is 6.11. The zero-order valence-corrected chi connectivity index (χ0v) is 11.3. The Labute approximate surface area is 124 Å². The summed E-state index contributed by atoms with van der Waals surface area (Å²) in [5.41, 5.74) is 6.52. The predicted molar refractivity (Wildman–Crippen MR) is 77.8 cm³/mol. The number of nitrogen functional groups attached to an aromatic ring is 1. The van der Waals surface area contributed by atoms with Crippen LogP contribution in [0.1, 0.15) is 15.9 Å². The third kappa shape index (κ3) is 2.46. The molecule has 0 atom stereocenters. The van der Waals surface area contributed by atoms with Crippen molar-refractivity contribution in [2.45, 2.75) is 0 Å². The highest BCUT2D eigenvalue weighted by atomic mass is 19.1. The van der Waals surface area contributed by atoms with Crippen molar-refractivity contribution in [2.75, 3.05) is 5.73 Å². The van der Waals surface area contributed by atoms with Crippen molar-refractivity contribution >= 4 is 11.7 Å². The molecule has 0 aliphatic carbocycles. The van der Waals surface area contributed by atoms with E-state index in [4.69, 9.17) is 5.73 Å². The molecule has 0 saturated heterocycles. The van der Waals surface area contributed by atoms with Gasteiger partial charge in [-0.1, -0.05) is 0 Å². The Morgan fingerprint density at radius 2 is 1.73 bits per heavy atom. The molecule has 0 saturated carbocycles. The average molecular weight is 299 g/mol. The fourth-order valence-corrected chi connectivity index (χ4v) is 2.18. The molecule has 3 aromatic rings. The Morgan fingerprint density at radius 1 is 1.05 bits per heavy atom. The molecule has 0 bridgehead atoms. The number of nitrogens with zero attached hydrogens (tertiary/aromatic N) is 2. The summed E-state index contributed by atoms with van der Waals surface area (Å²) in [7, 11) is 0.